The second-order valence-electron chi connectivity index (χ2n) is 6.71. The van der Waals surface area contributed by atoms with Crippen molar-refractivity contribution in [3.05, 3.63) is 65.3 Å². The van der Waals surface area contributed by atoms with Crippen molar-refractivity contribution in [2.75, 3.05) is 36.4 Å². The van der Waals surface area contributed by atoms with Gasteiger partial charge in [-0.1, -0.05) is 6.07 Å². The van der Waals surface area contributed by atoms with Crippen LogP contribution in [0.4, 0.5) is 11.4 Å². The fraction of sp³-hybridized carbons (Fsp3) is 0.211. The Morgan fingerprint density at radius 1 is 1.17 bits per heavy atom. The van der Waals surface area contributed by atoms with Crippen LogP contribution in [0.25, 0.3) is 11.7 Å². The number of carbonyl (C=O) groups is 1. The molecule has 0 bridgehead atoms. The minimum absolute atomic E-state index is 0.0379. The van der Waals surface area contributed by atoms with E-state index < -0.39 is 11.6 Å². The summed E-state index contributed by atoms with van der Waals surface area (Å²) in [5.41, 5.74) is 1.47. The minimum Gasteiger partial charge on any atom is -0.417 e. The summed E-state index contributed by atoms with van der Waals surface area (Å²) in [5, 5.41) is 10.3. The first-order chi connectivity index (χ1) is 14.7. The maximum atomic E-state index is 12.7. The molecule has 11 heteroatoms. The van der Waals surface area contributed by atoms with Crippen LogP contribution < -0.4 is 21.2 Å². The molecule has 0 atom stereocenters. The van der Waals surface area contributed by atoms with Crippen LogP contribution in [0.3, 0.4) is 0 Å². The van der Waals surface area contributed by atoms with E-state index in [1.165, 1.54) is 10.6 Å². The number of anilines is 2. The monoisotopic (exact) mass is 406 g/mol. The first-order valence-corrected chi connectivity index (χ1v) is 9.44. The molecule has 2 N–H and O–H groups in total. The van der Waals surface area contributed by atoms with Gasteiger partial charge >= 0.3 is 11.7 Å². The maximum absolute atomic E-state index is 12.7. The number of carbonyl (C=O) groups excluding carboxylic acids is 1. The van der Waals surface area contributed by atoms with E-state index >= 15 is 0 Å². The molecule has 5 heterocycles. The molecule has 1 amide bonds. The standard InChI is InChI=1S/C19H18N8O3/c28-17(23-13-11-21-5-4-14(13)25-9-6-20-7-10-25)15-12-22-18(30-15)27-19(29)26-8-2-1-3-16(26)24-27/h1-5,8,11-12,20H,6-7,9-10H2,(H,23,28). The van der Waals surface area contributed by atoms with E-state index in [4.69, 9.17) is 4.42 Å². The van der Waals surface area contributed by atoms with Crippen molar-refractivity contribution in [2.24, 2.45) is 0 Å². The van der Waals surface area contributed by atoms with Gasteiger partial charge in [0.05, 0.1) is 23.8 Å². The number of pyridine rings is 2. The molecule has 0 unspecified atom stereocenters. The summed E-state index contributed by atoms with van der Waals surface area (Å²) in [6.07, 6.45) is 6.15. The highest BCUT2D eigenvalue weighted by Crippen LogP contribution is 2.25. The van der Waals surface area contributed by atoms with Crippen molar-refractivity contribution < 1.29 is 9.21 Å². The summed E-state index contributed by atoms with van der Waals surface area (Å²) < 4.78 is 7.90. The zero-order chi connectivity index (χ0) is 20.5. The Balaban J connectivity index is 1.40. The summed E-state index contributed by atoms with van der Waals surface area (Å²) >= 11 is 0. The fourth-order valence-electron chi connectivity index (χ4n) is 3.37. The van der Waals surface area contributed by atoms with Crippen molar-refractivity contribution in [1.82, 2.24) is 29.5 Å². The van der Waals surface area contributed by atoms with Crippen LogP contribution in [0.1, 0.15) is 10.6 Å². The number of nitrogens with zero attached hydrogens (tertiary/aromatic N) is 6. The first-order valence-electron chi connectivity index (χ1n) is 9.44. The van der Waals surface area contributed by atoms with Gasteiger partial charge in [-0.2, -0.15) is 4.98 Å². The molecular weight excluding hydrogens is 388 g/mol. The molecule has 0 saturated carbocycles. The van der Waals surface area contributed by atoms with Gasteiger partial charge in [0.2, 0.25) is 5.76 Å². The van der Waals surface area contributed by atoms with Gasteiger partial charge in [-0.25, -0.2) is 9.20 Å². The van der Waals surface area contributed by atoms with Crippen LogP contribution in [0.15, 0.2) is 58.3 Å². The quantitative estimate of drug-likeness (QED) is 0.503. The molecule has 1 aliphatic rings. The molecular formula is C19H18N8O3. The molecule has 30 heavy (non-hydrogen) atoms. The van der Waals surface area contributed by atoms with Crippen LogP contribution in [0, 0.1) is 0 Å². The number of hydrogen-bond donors (Lipinski definition) is 2. The van der Waals surface area contributed by atoms with E-state index in [-0.39, 0.29) is 11.8 Å². The molecule has 1 fully saturated rings. The van der Waals surface area contributed by atoms with E-state index in [1.807, 2.05) is 6.07 Å². The number of amides is 1. The Bertz CT molecular complexity index is 1270. The number of fused-ring (bicyclic) bond motifs is 1. The largest absolute Gasteiger partial charge is 0.417 e. The van der Waals surface area contributed by atoms with E-state index in [9.17, 15) is 9.59 Å². The first kappa shape index (κ1) is 18.1. The van der Waals surface area contributed by atoms with Gasteiger partial charge in [-0.15, -0.1) is 9.78 Å². The molecule has 5 rings (SSSR count). The Labute approximate surface area is 170 Å². The predicted octanol–water partition coefficient (Wildman–Crippen LogP) is 0.530. The normalized spacial score (nSPS) is 14.2. The number of aromatic nitrogens is 5. The molecule has 0 radical (unpaired) electrons. The average molecular weight is 406 g/mol. The van der Waals surface area contributed by atoms with Gasteiger partial charge in [-0.05, 0) is 18.2 Å². The number of hydrogen-bond acceptors (Lipinski definition) is 8. The van der Waals surface area contributed by atoms with E-state index in [2.05, 4.69) is 30.6 Å². The van der Waals surface area contributed by atoms with Crippen LogP contribution >= 0.6 is 0 Å². The van der Waals surface area contributed by atoms with Crippen molar-refractivity contribution in [3.63, 3.8) is 0 Å². The highest BCUT2D eigenvalue weighted by atomic mass is 16.4. The second kappa shape index (κ2) is 7.44. The molecule has 1 aliphatic heterocycles. The van der Waals surface area contributed by atoms with Gasteiger partial charge in [0.25, 0.3) is 5.91 Å². The van der Waals surface area contributed by atoms with Crippen LogP contribution in [-0.2, 0) is 0 Å². The van der Waals surface area contributed by atoms with Gasteiger partial charge < -0.3 is 20.0 Å². The van der Waals surface area contributed by atoms with Gasteiger partial charge in [0.1, 0.15) is 0 Å². The lowest BCUT2D eigenvalue weighted by Crippen LogP contribution is -2.43. The van der Waals surface area contributed by atoms with E-state index in [1.54, 1.807) is 36.8 Å². The lowest BCUT2D eigenvalue weighted by atomic mass is 10.2. The number of oxazole rings is 1. The fourth-order valence-corrected chi connectivity index (χ4v) is 3.37. The summed E-state index contributed by atoms with van der Waals surface area (Å²) in [6.45, 7) is 3.40. The molecule has 0 aromatic carbocycles. The topological polar surface area (TPSA) is 123 Å². The number of nitrogens with one attached hydrogen (secondary N) is 2. The van der Waals surface area contributed by atoms with Gasteiger partial charge in [0.15, 0.2) is 5.65 Å². The Morgan fingerprint density at radius 3 is 2.87 bits per heavy atom. The Kier molecular flexibility index (Phi) is 4.48. The van der Waals surface area contributed by atoms with Crippen LogP contribution in [0.5, 0.6) is 0 Å². The van der Waals surface area contributed by atoms with Crippen LogP contribution in [-0.4, -0.2) is 56.2 Å². The van der Waals surface area contributed by atoms with E-state index in [0.29, 0.717) is 11.3 Å². The lowest BCUT2D eigenvalue weighted by Gasteiger charge is -2.30. The molecule has 11 nitrogen and oxygen atoms in total. The van der Waals surface area contributed by atoms with Crippen molar-refractivity contribution in [1.29, 1.82) is 0 Å². The van der Waals surface area contributed by atoms with Gasteiger partial charge in [0, 0.05) is 38.6 Å². The lowest BCUT2D eigenvalue weighted by molar-refractivity contribution is 0.0996. The predicted molar refractivity (Wildman–Crippen MR) is 108 cm³/mol. The molecule has 4 aromatic heterocycles. The molecule has 0 spiro atoms. The third kappa shape index (κ3) is 3.20. The Morgan fingerprint density at radius 2 is 2.03 bits per heavy atom. The molecule has 4 aromatic rings. The molecule has 152 valence electrons. The van der Waals surface area contributed by atoms with Crippen molar-refractivity contribution in [2.45, 2.75) is 0 Å². The highest BCUT2D eigenvalue weighted by molar-refractivity contribution is 6.03. The smallest absolute Gasteiger partial charge is 0.359 e. The number of rotatable bonds is 4. The molecule has 0 aliphatic carbocycles. The summed E-state index contributed by atoms with van der Waals surface area (Å²) in [7, 11) is 0. The van der Waals surface area contributed by atoms with Crippen molar-refractivity contribution >= 4 is 22.9 Å². The second-order valence-corrected chi connectivity index (χ2v) is 6.71. The SMILES string of the molecule is O=C(Nc1cnccc1N1CCNCC1)c1cnc(-n2nc3ccccn3c2=O)o1. The molecule has 1 saturated heterocycles. The third-order valence-corrected chi connectivity index (χ3v) is 4.83. The maximum Gasteiger partial charge on any atom is 0.359 e. The zero-order valence-corrected chi connectivity index (χ0v) is 15.9. The minimum atomic E-state index is -0.491. The van der Waals surface area contributed by atoms with Crippen LogP contribution in [0.2, 0.25) is 0 Å². The summed E-state index contributed by atoms with van der Waals surface area (Å²) in [6, 6.07) is 6.96. The van der Waals surface area contributed by atoms with Gasteiger partial charge in [-0.3, -0.25) is 9.78 Å². The van der Waals surface area contributed by atoms with E-state index in [0.717, 1.165) is 36.5 Å². The third-order valence-electron chi connectivity index (χ3n) is 4.83. The summed E-state index contributed by atoms with van der Waals surface area (Å²) in [4.78, 5) is 35.5. The average Bonchev–Trinajstić information content (AvgIpc) is 3.40. The number of piperazine rings is 1. The zero-order valence-electron chi connectivity index (χ0n) is 15.9. The van der Waals surface area contributed by atoms with Crippen molar-refractivity contribution in [3.8, 4) is 6.01 Å². The highest BCUT2D eigenvalue weighted by Gasteiger charge is 2.20. The summed E-state index contributed by atoms with van der Waals surface area (Å²) in [5.74, 6) is -0.529. The Hall–Kier alpha value is -3.99.